The first kappa shape index (κ1) is 20.0. The largest absolute Gasteiger partial charge is 0.493 e. The zero-order valence-corrected chi connectivity index (χ0v) is 17.0. The summed E-state index contributed by atoms with van der Waals surface area (Å²) in [5, 5.41) is 22.5. The molecule has 0 saturated heterocycles. The van der Waals surface area contributed by atoms with Crippen molar-refractivity contribution in [1.82, 2.24) is 20.2 Å². The molecule has 8 nitrogen and oxygen atoms in total. The standard InChI is InChI=1S/C19H19BrN4O4/c1-12(25)14-5-8-17(18(9-14)27-2)28-11-16(26)10-24-22-19(21-23-24)13-3-6-15(20)7-4-13/h3-9,16,26H,10-11H2,1-2H3. The van der Waals surface area contributed by atoms with Crippen LogP contribution in [0.1, 0.15) is 17.3 Å². The SMILES string of the molecule is COc1cc(C(C)=O)ccc1OCC(O)Cn1nnc(-c2ccc(Br)cc2)n1. The van der Waals surface area contributed by atoms with Gasteiger partial charge in [-0.2, -0.15) is 4.80 Å². The van der Waals surface area contributed by atoms with Crippen LogP contribution in [0.3, 0.4) is 0 Å². The molecule has 0 saturated carbocycles. The Balaban J connectivity index is 1.60. The zero-order valence-electron chi connectivity index (χ0n) is 15.4. The molecule has 0 spiro atoms. The number of carbonyl (C=O) groups is 1. The predicted octanol–water partition coefficient (Wildman–Crippen LogP) is 2.75. The molecule has 146 valence electrons. The molecule has 0 fully saturated rings. The number of Topliss-reactive ketones (excluding diaryl/α,β-unsaturated/α-hetero) is 1. The van der Waals surface area contributed by atoms with E-state index in [2.05, 4.69) is 31.3 Å². The first-order chi connectivity index (χ1) is 13.5. The Labute approximate surface area is 170 Å². The van der Waals surface area contributed by atoms with E-state index in [0.29, 0.717) is 22.9 Å². The van der Waals surface area contributed by atoms with Crippen molar-refractivity contribution in [2.45, 2.75) is 19.6 Å². The van der Waals surface area contributed by atoms with Gasteiger partial charge in [-0.15, -0.1) is 10.2 Å². The van der Waals surface area contributed by atoms with E-state index in [0.717, 1.165) is 10.0 Å². The highest BCUT2D eigenvalue weighted by atomic mass is 79.9. The van der Waals surface area contributed by atoms with Crippen molar-refractivity contribution >= 4 is 21.7 Å². The lowest BCUT2D eigenvalue weighted by molar-refractivity contribution is 0.0835. The quantitative estimate of drug-likeness (QED) is 0.530. The highest BCUT2D eigenvalue weighted by Gasteiger charge is 2.14. The van der Waals surface area contributed by atoms with Gasteiger partial charge in [0.15, 0.2) is 17.3 Å². The number of tetrazole rings is 1. The van der Waals surface area contributed by atoms with Crippen molar-refractivity contribution in [2.24, 2.45) is 0 Å². The van der Waals surface area contributed by atoms with Crippen LogP contribution in [0.5, 0.6) is 11.5 Å². The highest BCUT2D eigenvalue weighted by molar-refractivity contribution is 9.10. The van der Waals surface area contributed by atoms with Crippen LogP contribution in [0.2, 0.25) is 0 Å². The van der Waals surface area contributed by atoms with E-state index in [4.69, 9.17) is 9.47 Å². The second-order valence-corrected chi connectivity index (χ2v) is 6.98. The second kappa shape index (κ2) is 8.94. The number of carbonyl (C=O) groups excluding carboxylic acids is 1. The number of ether oxygens (including phenoxy) is 2. The highest BCUT2D eigenvalue weighted by Crippen LogP contribution is 2.28. The fraction of sp³-hybridized carbons (Fsp3) is 0.263. The van der Waals surface area contributed by atoms with Crippen molar-refractivity contribution in [1.29, 1.82) is 0 Å². The molecule has 1 aromatic heterocycles. The number of hydrogen-bond acceptors (Lipinski definition) is 7. The number of methoxy groups -OCH3 is 1. The predicted molar refractivity (Wildman–Crippen MR) is 105 cm³/mol. The van der Waals surface area contributed by atoms with Crippen LogP contribution in [0.25, 0.3) is 11.4 Å². The van der Waals surface area contributed by atoms with Crippen LogP contribution in [-0.4, -0.2) is 50.9 Å². The van der Waals surface area contributed by atoms with Crippen molar-refractivity contribution < 1.29 is 19.4 Å². The topological polar surface area (TPSA) is 99.4 Å². The third kappa shape index (κ3) is 4.93. The fourth-order valence-electron chi connectivity index (χ4n) is 2.47. The Kier molecular flexibility index (Phi) is 6.37. The average Bonchev–Trinajstić information content (AvgIpc) is 3.15. The molecule has 2 aromatic carbocycles. The van der Waals surface area contributed by atoms with Gasteiger partial charge in [-0.3, -0.25) is 4.79 Å². The van der Waals surface area contributed by atoms with E-state index in [1.807, 2.05) is 24.3 Å². The Morgan fingerprint density at radius 3 is 2.64 bits per heavy atom. The Morgan fingerprint density at radius 2 is 1.96 bits per heavy atom. The lowest BCUT2D eigenvalue weighted by Crippen LogP contribution is -2.25. The maximum Gasteiger partial charge on any atom is 0.204 e. The maximum absolute atomic E-state index is 11.5. The number of aliphatic hydroxyl groups excluding tert-OH is 1. The summed E-state index contributed by atoms with van der Waals surface area (Å²) in [6.45, 7) is 1.61. The third-order valence-electron chi connectivity index (χ3n) is 3.93. The molecule has 0 aliphatic carbocycles. The smallest absolute Gasteiger partial charge is 0.204 e. The van der Waals surface area contributed by atoms with Gasteiger partial charge in [0.25, 0.3) is 0 Å². The van der Waals surface area contributed by atoms with Gasteiger partial charge in [0.1, 0.15) is 12.7 Å². The van der Waals surface area contributed by atoms with Gasteiger partial charge in [0.2, 0.25) is 5.82 Å². The number of benzene rings is 2. The molecule has 28 heavy (non-hydrogen) atoms. The summed E-state index contributed by atoms with van der Waals surface area (Å²) in [6, 6.07) is 12.4. The number of ketones is 1. The first-order valence-corrected chi connectivity index (χ1v) is 9.29. The van der Waals surface area contributed by atoms with E-state index in [1.54, 1.807) is 18.2 Å². The molecule has 0 aliphatic heterocycles. The lowest BCUT2D eigenvalue weighted by atomic mass is 10.1. The minimum atomic E-state index is -0.857. The summed E-state index contributed by atoms with van der Waals surface area (Å²) in [6.07, 6.45) is -0.857. The number of aromatic nitrogens is 4. The van der Waals surface area contributed by atoms with Gasteiger partial charge < -0.3 is 14.6 Å². The minimum absolute atomic E-state index is 0.00490. The van der Waals surface area contributed by atoms with Crippen LogP contribution in [-0.2, 0) is 6.54 Å². The first-order valence-electron chi connectivity index (χ1n) is 8.50. The monoisotopic (exact) mass is 446 g/mol. The summed E-state index contributed by atoms with van der Waals surface area (Å²) < 4.78 is 11.8. The molecule has 0 bridgehead atoms. The molecule has 0 radical (unpaired) electrons. The van der Waals surface area contributed by atoms with Crippen molar-refractivity contribution in [3.05, 3.63) is 52.5 Å². The van der Waals surface area contributed by atoms with Crippen molar-refractivity contribution in [3.8, 4) is 22.9 Å². The van der Waals surface area contributed by atoms with E-state index in [1.165, 1.54) is 18.8 Å². The lowest BCUT2D eigenvalue weighted by Gasteiger charge is -2.14. The van der Waals surface area contributed by atoms with E-state index >= 15 is 0 Å². The van der Waals surface area contributed by atoms with E-state index in [-0.39, 0.29) is 18.9 Å². The second-order valence-electron chi connectivity index (χ2n) is 6.06. The number of nitrogens with zero attached hydrogens (tertiary/aromatic N) is 4. The van der Waals surface area contributed by atoms with E-state index in [9.17, 15) is 9.90 Å². The molecule has 3 aromatic rings. The minimum Gasteiger partial charge on any atom is -0.493 e. The van der Waals surface area contributed by atoms with Gasteiger partial charge in [-0.05, 0) is 54.6 Å². The van der Waals surface area contributed by atoms with Gasteiger partial charge in [-0.1, -0.05) is 15.9 Å². The molecule has 0 aliphatic rings. The third-order valence-corrected chi connectivity index (χ3v) is 4.46. The average molecular weight is 447 g/mol. The number of rotatable bonds is 8. The molecule has 3 rings (SSSR count). The van der Waals surface area contributed by atoms with Crippen LogP contribution in [0.4, 0.5) is 0 Å². The van der Waals surface area contributed by atoms with Crippen LogP contribution >= 0.6 is 15.9 Å². The molecule has 1 N–H and O–H groups in total. The van der Waals surface area contributed by atoms with Gasteiger partial charge in [0, 0.05) is 15.6 Å². The Bertz CT molecular complexity index is 959. The molecule has 1 heterocycles. The number of halogens is 1. The summed E-state index contributed by atoms with van der Waals surface area (Å²) in [4.78, 5) is 12.8. The molecular formula is C19H19BrN4O4. The molecule has 1 atom stereocenters. The Hall–Kier alpha value is -2.78. The van der Waals surface area contributed by atoms with Crippen molar-refractivity contribution in [3.63, 3.8) is 0 Å². The van der Waals surface area contributed by atoms with Gasteiger partial charge in [-0.25, -0.2) is 0 Å². The summed E-state index contributed by atoms with van der Waals surface area (Å²) in [7, 11) is 1.49. The van der Waals surface area contributed by atoms with Gasteiger partial charge in [0.05, 0.1) is 13.7 Å². The summed E-state index contributed by atoms with van der Waals surface area (Å²) in [5.41, 5.74) is 1.35. The maximum atomic E-state index is 11.5. The summed E-state index contributed by atoms with van der Waals surface area (Å²) >= 11 is 3.38. The molecule has 1 unspecified atom stereocenters. The van der Waals surface area contributed by atoms with Crippen LogP contribution in [0.15, 0.2) is 46.9 Å². The van der Waals surface area contributed by atoms with Crippen LogP contribution < -0.4 is 9.47 Å². The van der Waals surface area contributed by atoms with E-state index < -0.39 is 6.10 Å². The Morgan fingerprint density at radius 1 is 1.21 bits per heavy atom. The molecule has 9 heteroatoms. The number of hydrogen-bond donors (Lipinski definition) is 1. The summed E-state index contributed by atoms with van der Waals surface area (Å²) in [5.74, 6) is 1.27. The van der Waals surface area contributed by atoms with Crippen molar-refractivity contribution in [2.75, 3.05) is 13.7 Å². The normalized spacial score (nSPS) is 11.9. The molecule has 0 amide bonds. The molecular weight excluding hydrogens is 428 g/mol. The van der Waals surface area contributed by atoms with Crippen LogP contribution in [0, 0.1) is 0 Å². The number of aliphatic hydroxyl groups is 1. The van der Waals surface area contributed by atoms with Gasteiger partial charge >= 0.3 is 0 Å². The fourth-order valence-corrected chi connectivity index (χ4v) is 2.73. The zero-order chi connectivity index (χ0) is 20.1.